The van der Waals surface area contributed by atoms with Gasteiger partial charge in [-0.2, -0.15) is 0 Å². The first-order chi connectivity index (χ1) is 25.1. The van der Waals surface area contributed by atoms with Gasteiger partial charge in [-0.15, -0.1) is 0 Å². The van der Waals surface area contributed by atoms with E-state index in [-0.39, 0.29) is 19.2 Å². The van der Waals surface area contributed by atoms with Crippen LogP contribution in [0.2, 0.25) is 0 Å². The van der Waals surface area contributed by atoms with Gasteiger partial charge in [-0.05, 0) is 0 Å². The summed E-state index contributed by atoms with van der Waals surface area (Å²) in [6, 6.07) is 30.2. The predicted molar refractivity (Wildman–Crippen MR) is 219 cm³/mol. The van der Waals surface area contributed by atoms with E-state index in [0.29, 0.717) is 12.8 Å². The van der Waals surface area contributed by atoms with E-state index in [1.807, 2.05) is 0 Å². The summed E-state index contributed by atoms with van der Waals surface area (Å²) in [5.74, 6) is 0.292. The minimum absolute atomic E-state index is 0.146. The Morgan fingerprint density at radius 3 is 1.37 bits per heavy atom. The molecule has 0 spiro atoms. The number of carbonyl (C=O) groups excluding carboxylic acids is 2. The van der Waals surface area contributed by atoms with Gasteiger partial charge in [-0.1, -0.05) is 0 Å². The Morgan fingerprint density at radius 2 is 1.00 bits per heavy atom. The molecule has 4 unspecified atom stereocenters. The Morgan fingerprint density at radius 1 is 0.615 bits per heavy atom. The zero-order chi connectivity index (χ0) is 37.2. The number of carbonyl (C=O) groups is 2. The number of hydrogen-bond acceptors (Lipinski definition) is 2. The summed E-state index contributed by atoms with van der Waals surface area (Å²) in [7, 11) is 17.5. The number of allylic oxidation sites excluding steroid dienone is 2. The van der Waals surface area contributed by atoms with Gasteiger partial charge in [0.1, 0.15) is 0 Å². The number of fused-ring (bicyclic) bond motifs is 2. The van der Waals surface area contributed by atoms with Crippen molar-refractivity contribution in [2.45, 2.75) is 74.6 Å². The Labute approximate surface area is 318 Å². The number of halogens is 2. The molecule has 2 amide bonds. The first kappa shape index (κ1) is 38.5. The topological polar surface area (TPSA) is 58.2 Å². The molecular formula is C44H50BCl2HfN2O2. The van der Waals surface area contributed by atoms with Crippen LogP contribution in [0.5, 0.6) is 0 Å². The van der Waals surface area contributed by atoms with Crippen molar-refractivity contribution < 1.29 is 25.5 Å². The standard InChI is InChI=1S/2C21H23.C2H3BN2O2.2ClH.Hf/c2*1-4-15(3)18-13-17-10-8-12-20(21(17)14-18)19-11-7-6-9-16(19)5-2;6-1-4-3-5-2-7;;;/h2*6-15H,4-5H2,1-3H3;1-2H,(H-,4,5,6,7);2*1H;/q;;;;;+1/p-1. The molecule has 4 aromatic carbocycles. The Kier molecular flexibility index (Phi) is 11.6. The summed E-state index contributed by atoms with van der Waals surface area (Å²) < 4.78 is -1.72. The van der Waals surface area contributed by atoms with Crippen LogP contribution in [0.25, 0.3) is 34.4 Å². The number of aryl methyl sites for hydroxylation is 2. The molecule has 0 radical (unpaired) electrons. The normalized spacial score (nSPS) is 18.2. The third-order valence-electron chi connectivity index (χ3n) is 12.1. The van der Waals surface area contributed by atoms with Gasteiger partial charge in [0.05, 0.1) is 0 Å². The van der Waals surface area contributed by atoms with Crippen LogP contribution in [0.3, 0.4) is 0 Å². The molecule has 0 saturated heterocycles. The number of rotatable bonds is 15. The van der Waals surface area contributed by atoms with Gasteiger partial charge in [0.25, 0.3) is 0 Å². The number of nitrogens with one attached hydrogen (secondary N) is 2. The van der Waals surface area contributed by atoms with E-state index >= 15 is 0 Å². The fourth-order valence-corrected chi connectivity index (χ4v) is 38.8. The summed E-state index contributed by atoms with van der Waals surface area (Å²) in [5, 5.41) is 6.04. The van der Waals surface area contributed by atoms with Crippen LogP contribution in [-0.4, -0.2) is 17.4 Å². The average molecular weight is 899 g/mol. The Hall–Kier alpha value is -3.18. The molecule has 2 aliphatic rings. The first-order valence-electron chi connectivity index (χ1n) is 18.9. The first-order valence-corrected chi connectivity index (χ1v) is 34.0. The van der Waals surface area contributed by atoms with E-state index < -0.39 is 20.5 Å². The van der Waals surface area contributed by atoms with Gasteiger partial charge in [-0.3, -0.25) is 0 Å². The van der Waals surface area contributed by atoms with E-state index in [9.17, 15) is 9.59 Å². The summed E-state index contributed by atoms with van der Waals surface area (Å²) >= 11 is -6.09. The van der Waals surface area contributed by atoms with Crippen molar-refractivity contribution in [3.05, 3.63) is 129 Å². The minimum atomic E-state index is -6.09. The predicted octanol–water partition coefficient (Wildman–Crippen LogP) is 11.3. The van der Waals surface area contributed by atoms with E-state index in [1.54, 1.807) is 0 Å². The Bertz CT molecular complexity index is 1920. The van der Waals surface area contributed by atoms with Crippen LogP contribution in [0.15, 0.2) is 96.1 Å². The van der Waals surface area contributed by atoms with Crippen LogP contribution >= 0.6 is 17.2 Å². The molecular weight excluding hydrogens is 849 g/mol. The number of benzene rings is 4. The van der Waals surface area contributed by atoms with Crippen LogP contribution in [0.4, 0.5) is 0 Å². The molecule has 6 rings (SSSR count). The van der Waals surface area contributed by atoms with Gasteiger partial charge >= 0.3 is 321 Å². The molecule has 2 N–H and O–H groups in total. The van der Waals surface area contributed by atoms with Gasteiger partial charge < -0.3 is 0 Å². The molecule has 0 bridgehead atoms. The molecule has 2 aliphatic carbocycles. The molecule has 0 saturated carbocycles. The monoisotopic (exact) mass is 899 g/mol. The molecule has 4 atom stereocenters. The molecule has 52 heavy (non-hydrogen) atoms. The van der Waals surface area contributed by atoms with Gasteiger partial charge in [0.2, 0.25) is 0 Å². The van der Waals surface area contributed by atoms with Crippen molar-refractivity contribution in [2.75, 3.05) is 0 Å². The summed E-state index contributed by atoms with van der Waals surface area (Å²) in [6.07, 6.45) is 9.55. The van der Waals surface area contributed by atoms with E-state index in [4.69, 9.17) is 17.2 Å². The maximum atomic E-state index is 12.6. The third kappa shape index (κ3) is 6.31. The van der Waals surface area contributed by atoms with Crippen molar-refractivity contribution in [3.63, 3.8) is 0 Å². The van der Waals surface area contributed by atoms with Crippen LogP contribution in [-0.2, 0) is 38.3 Å². The second-order valence-corrected chi connectivity index (χ2v) is 45.1. The number of amides is 2. The quantitative estimate of drug-likeness (QED) is 0.0923. The molecule has 8 heteroatoms. The SMILES string of the molecule is CCc1ccccc1-c1cccc2c1C=C(C(C)CC)[CH]2[Hf]([Cl])([Cl])([B](NC=O)NC=O)[CH]1C(C(C)CC)=Cc2c(-c3ccccc3CC)cccc21. The molecule has 0 aromatic heterocycles. The van der Waals surface area contributed by atoms with Crippen molar-refractivity contribution in [2.24, 2.45) is 11.8 Å². The maximum absolute atomic E-state index is 12.6. The Balaban J connectivity index is 1.72. The van der Waals surface area contributed by atoms with E-state index in [0.717, 1.165) is 59.1 Å². The zero-order valence-electron chi connectivity index (χ0n) is 31.2. The van der Waals surface area contributed by atoms with E-state index in [2.05, 4.69) is 149 Å². The summed E-state index contributed by atoms with van der Waals surface area (Å²) in [5.41, 5.74) is 14.0. The molecule has 269 valence electrons. The van der Waals surface area contributed by atoms with E-state index in [1.165, 1.54) is 33.4 Å². The van der Waals surface area contributed by atoms with Crippen LogP contribution < -0.4 is 10.5 Å². The van der Waals surface area contributed by atoms with Gasteiger partial charge in [0, 0.05) is 0 Å². The second kappa shape index (κ2) is 15.7. The molecule has 4 nitrogen and oxygen atoms in total. The second-order valence-electron chi connectivity index (χ2n) is 14.6. The summed E-state index contributed by atoms with van der Waals surface area (Å²) in [6.45, 7) is 13.3. The fraction of sp³-hybridized carbons (Fsp3) is 0.318. The summed E-state index contributed by atoms with van der Waals surface area (Å²) in [4.78, 5) is 25.2. The molecule has 0 aliphatic heterocycles. The van der Waals surface area contributed by atoms with Crippen LogP contribution in [0.1, 0.15) is 95.1 Å². The fourth-order valence-electron chi connectivity index (χ4n) is 9.06. The van der Waals surface area contributed by atoms with Crippen LogP contribution in [0, 0.1) is 11.8 Å². The number of hydrogen-bond donors (Lipinski definition) is 2. The van der Waals surface area contributed by atoms with Crippen molar-refractivity contribution in [1.82, 2.24) is 10.5 Å². The van der Waals surface area contributed by atoms with Crippen molar-refractivity contribution >= 4 is 46.7 Å². The zero-order valence-corrected chi connectivity index (χ0v) is 36.3. The molecule has 0 fully saturated rings. The van der Waals surface area contributed by atoms with Gasteiger partial charge in [0.15, 0.2) is 0 Å². The molecule has 0 heterocycles. The van der Waals surface area contributed by atoms with Gasteiger partial charge in [-0.25, -0.2) is 0 Å². The van der Waals surface area contributed by atoms with Crippen molar-refractivity contribution in [3.8, 4) is 22.3 Å². The molecule has 4 aromatic rings. The average Bonchev–Trinajstić information content (AvgIpc) is 3.78. The third-order valence-corrected chi connectivity index (χ3v) is 40.5. The van der Waals surface area contributed by atoms with Crippen molar-refractivity contribution in [1.29, 1.82) is 0 Å².